The SMILES string of the molecule is COC(=O)C=PP. The van der Waals surface area contributed by atoms with Gasteiger partial charge in [-0.05, 0) is 0 Å². The molecule has 0 amide bonds. The van der Waals surface area contributed by atoms with Crippen molar-refractivity contribution in [2.45, 2.75) is 0 Å². The summed E-state index contributed by atoms with van der Waals surface area (Å²) in [6.07, 6.45) is 0. The van der Waals surface area contributed by atoms with Crippen molar-refractivity contribution in [2.24, 2.45) is 0 Å². The molecule has 0 bridgehead atoms. The fourth-order valence-electron chi connectivity index (χ4n) is 0.114. The minimum atomic E-state index is -0.281. The third-order valence-corrected chi connectivity index (χ3v) is 1.19. The van der Waals surface area contributed by atoms with E-state index in [4.69, 9.17) is 0 Å². The fraction of sp³-hybridized carbons (Fsp3) is 0.333. The first-order chi connectivity index (χ1) is 3.31. The lowest BCUT2D eigenvalue weighted by Crippen LogP contribution is -1.97. The molecule has 0 aliphatic rings. The predicted molar refractivity (Wildman–Crippen MR) is 34.7 cm³/mol. The fourth-order valence-corrected chi connectivity index (χ4v) is 0.706. The summed E-state index contributed by atoms with van der Waals surface area (Å²) in [4.78, 5) is 10.1. The average molecular weight is 136 g/mol. The highest BCUT2D eigenvalue weighted by atomic mass is 32.0. The van der Waals surface area contributed by atoms with Crippen LogP contribution in [0.2, 0.25) is 0 Å². The van der Waals surface area contributed by atoms with Crippen LogP contribution in [0, 0.1) is 0 Å². The maximum absolute atomic E-state index is 10.1. The minimum Gasteiger partial charge on any atom is -0.466 e. The minimum absolute atomic E-state index is 0.281. The number of hydrogen-bond acceptors (Lipinski definition) is 2. The molecule has 0 fully saturated rings. The molecule has 1 unspecified atom stereocenters. The summed E-state index contributed by atoms with van der Waals surface area (Å²) in [5.74, 6) is 1.14. The summed E-state index contributed by atoms with van der Waals surface area (Å²) in [6, 6.07) is 0. The van der Waals surface area contributed by atoms with Crippen molar-refractivity contribution >= 4 is 28.6 Å². The summed E-state index contributed by atoms with van der Waals surface area (Å²) in [5.41, 5.74) is 0. The Balaban J connectivity index is 3.37. The molecule has 1 atom stereocenters. The maximum Gasteiger partial charge on any atom is 0.335 e. The van der Waals surface area contributed by atoms with Gasteiger partial charge in [-0.2, -0.15) is 0 Å². The van der Waals surface area contributed by atoms with Gasteiger partial charge >= 0.3 is 5.97 Å². The molecule has 0 aromatic carbocycles. The van der Waals surface area contributed by atoms with Crippen LogP contribution in [0.3, 0.4) is 0 Å². The first-order valence-electron chi connectivity index (χ1n) is 1.62. The predicted octanol–water partition coefficient (Wildman–Crippen LogP) is 0.698. The molecule has 0 aromatic heterocycles. The normalized spacial score (nSPS) is 9.43. The lowest BCUT2D eigenvalue weighted by Gasteiger charge is -1.84. The van der Waals surface area contributed by atoms with Crippen molar-refractivity contribution in [1.82, 2.24) is 0 Å². The van der Waals surface area contributed by atoms with Gasteiger partial charge in [0.05, 0.1) is 12.9 Å². The number of esters is 1. The Labute approximate surface area is 46.1 Å². The van der Waals surface area contributed by atoms with E-state index < -0.39 is 0 Å². The van der Waals surface area contributed by atoms with Crippen molar-refractivity contribution in [3.05, 3.63) is 0 Å². The zero-order valence-corrected chi connectivity index (χ0v) is 5.97. The van der Waals surface area contributed by atoms with E-state index in [0.717, 1.165) is 7.89 Å². The summed E-state index contributed by atoms with van der Waals surface area (Å²) in [5, 5.41) is 0. The molecule has 2 nitrogen and oxygen atoms in total. The molecule has 0 aromatic rings. The van der Waals surface area contributed by atoms with Gasteiger partial charge in [-0.25, -0.2) is 4.79 Å². The van der Waals surface area contributed by atoms with Crippen LogP contribution in [0.5, 0.6) is 0 Å². The van der Waals surface area contributed by atoms with Gasteiger partial charge in [-0.1, -0.05) is 16.8 Å². The quantitative estimate of drug-likeness (QED) is 0.391. The van der Waals surface area contributed by atoms with E-state index in [1.807, 2.05) is 0 Å². The molecule has 0 aliphatic carbocycles. The van der Waals surface area contributed by atoms with Gasteiger partial charge in [-0.15, -0.1) is 0 Å². The molecular formula is C3H6O2P2. The van der Waals surface area contributed by atoms with Crippen LogP contribution in [0.4, 0.5) is 0 Å². The van der Waals surface area contributed by atoms with Gasteiger partial charge in [0.2, 0.25) is 0 Å². The van der Waals surface area contributed by atoms with E-state index in [0.29, 0.717) is 0 Å². The first kappa shape index (κ1) is 7.07. The molecule has 4 heteroatoms. The maximum atomic E-state index is 10.1. The van der Waals surface area contributed by atoms with Gasteiger partial charge in [0, 0.05) is 0 Å². The number of hydrogen-bond donors (Lipinski definition) is 0. The second-order valence-corrected chi connectivity index (χ2v) is 2.25. The standard InChI is InChI=1S/C3H6O2P2/c1-5-3(4)2-7-6/h2H,6H2,1H3. The third kappa shape index (κ3) is 3.91. The first-order valence-corrected chi connectivity index (χ1v) is 4.20. The number of rotatable bonds is 1. The number of ether oxygens (including phenoxy) is 1. The molecule has 0 saturated heterocycles. The molecule has 0 N–H and O–H groups in total. The highest BCUT2D eigenvalue weighted by molar-refractivity contribution is 8.02. The van der Waals surface area contributed by atoms with Gasteiger partial charge in [0.1, 0.15) is 0 Å². The highest BCUT2D eigenvalue weighted by Gasteiger charge is 1.85. The lowest BCUT2D eigenvalue weighted by atomic mass is 10.8. The van der Waals surface area contributed by atoms with E-state index in [1.54, 1.807) is 0 Å². The van der Waals surface area contributed by atoms with Crippen molar-refractivity contribution in [2.75, 3.05) is 7.11 Å². The van der Waals surface area contributed by atoms with Crippen LogP contribution >= 0.6 is 16.8 Å². The van der Waals surface area contributed by atoms with Crippen molar-refractivity contribution in [3.8, 4) is 0 Å². The number of carbonyl (C=O) groups excluding carboxylic acids is 1. The molecule has 0 aliphatic heterocycles. The highest BCUT2D eigenvalue weighted by Crippen LogP contribution is 2.03. The summed E-state index contributed by atoms with van der Waals surface area (Å²) in [6.45, 7) is 0. The van der Waals surface area contributed by atoms with Crippen molar-refractivity contribution in [3.63, 3.8) is 0 Å². The van der Waals surface area contributed by atoms with Gasteiger partial charge in [0.15, 0.2) is 0 Å². The van der Waals surface area contributed by atoms with Crippen LogP contribution < -0.4 is 0 Å². The van der Waals surface area contributed by atoms with Crippen molar-refractivity contribution in [1.29, 1.82) is 0 Å². The second kappa shape index (κ2) is 4.23. The van der Waals surface area contributed by atoms with Crippen LogP contribution in [0.25, 0.3) is 0 Å². The third-order valence-electron chi connectivity index (χ3n) is 0.381. The van der Waals surface area contributed by atoms with E-state index in [9.17, 15) is 4.79 Å². The average Bonchev–Trinajstić information content (AvgIpc) is 1.68. The van der Waals surface area contributed by atoms with E-state index in [2.05, 4.69) is 13.7 Å². The molecule has 0 radical (unpaired) electrons. The lowest BCUT2D eigenvalue weighted by molar-refractivity contribution is -0.131. The molecule has 40 valence electrons. The van der Waals surface area contributed by atoms with E-state index >= 15 is 0 Å². The van der Waals surface area contributed by atoms with E-state index in [-0.39, 0.29) is 5.97 Å². The van der Waals surface area contributed by atoms with Gasteiger partial charge in [-0.3, -0.25) is 0 Å². The molecule has 7 heavy (non-hydrogen) atoms. The smallest absolute Gasteiger partial charge is 0.335 e. The Kier molecular flexibility index (Phi) is 4.28. The topological polar surface area (TPSA) is 26.3 Å². The molecule has 0 heterocycles. The van der Waals surface area contributed by atoms with E-state index in [1.165, 1.54) is 12.9 Å². The Hall–Kier alpha value is 0.0700. The van der Waals surface area contributed by atoms with Crippen molar-refractivity contribution < 1.29 is 9.53 Å². The second-order valence-electron chi connectivity index (χ2n) is 0.801. The van der Waals surface area contributed by atoms with Gasteiger partial charge in [0.25, 0.3) is 0 Å². The molecule has 0 spiro atoms. The summed E-state index contributed by atoms with van der Waals surface area (Å²) >= 11 is 0. The molecular weight excluding hydrogens is 130 g/mol. The Bertz CT molecular complexity index is 88.9. The van der Waals surface area contributed by atoms with Crippen LogP contribution in [0.15, 0.2) is 0 Å². The van der Waals surface area contributed by atoms with Crippen LogP contribution in [-0.2, 0) is 9.53 Å². The zero-order chi connectivity index (χ0) is 5.70. The Morgan fingerprint density at radius 1 is 2.00 bits per heavy atom. The Morgan fingerprint density at radius 3 is 2.71 bits per heavy atom. The number of carbonyl (C=O) groups is 1. The van der Waals surface area contributed by atoms with Crippen LogP contribution in [-0.4, -0.2) is 18.9 Å². The molecule has 0 rings (SSSR count). The summed E-state index contributed by atoms with van der Waals surface area (Å²) < 4.78 is 4.28. The largest absolute Gasteiger partial charge is 0.466 e. The monoisotopic (exact) mass is 136 g/mol. The number of methoxy groups -OCH3 is 1. The summed E-state index contributed by atoms with van der Waals surface area (Å²) in [7, 11) is 4.58. The zero-order valence-electron chi connectivity index (χ0n) is 3.92. The van der Waals surface area contributed by atoms with Gasteiger partial charge < -0.3 is 4.74 Å². The molecule has 0 saturated carbocycles. The van der Waals surface area contributed by atoms with Crippen LogP contribution in [0.1, 0.15) is 0 Å². The Morgan fingerprint density at radius 2 is 2.57 bits per heavy atom.